The smallest absolute Gasteiger partial charge is 0.387 e. The summed E-state index contributed by atoms with van der Waals surface area (Å²) in [6.07, 6.45) is 1.22. The van der Waals surface area contributed by atoms with Gasteiger partial charge in [-0.25, -0.2) is 4.98 Å². The highest BCUT2D eigenvalue weighted by molar-refractivity contribution is 6.29. The number of primary amides is 1. The molecule has 0 aliphatic rings. The summed E-state index contributed by atoms with van der Waals surface area (Å²) in [5.74, 6) is -1.87. The summed E-state index contributed by atoms with van der Waals surface area (Å²) in [5.41, 5.74) is 5.24. The van der Waals surface area contributed by atoms with Crippen molar-refractivity contribution in [2.45, 2.75) is 6.61 Å². The van der Waals surface area contributed by atoms with E-state index in [4.69, 9.17) is 17.3 Å². The third-order valence-corrected chi connectivity index (χ3v) is 3.31. The predicted octanol–water partition coefficient (Wildman–Crippen LogP) is 2.54. The molecule has 4 N–H and O–H groups in total. The lowest BCUT2D eigenvalue weighted by Gasteiger charge is -2.17. The Morgan fingerprint density at radius 2 is 2.00 bits per heavy atom. The van der Waals surface area contributed by atoms with Crippen molar-refractivity contribution in [1.29, 1.82) is 0 Å². The number of ether oxygens (including phenoxy) is 1. The van der Waals surface area contributed by atoms with Crippen molar-refractivity contribution in [3.05, 3.63) is 46.7 Å². The van der Waals surface area contributed by atoms with Gasteiger partial charge in [-0.05, 0) is 18.2 Å². The van der Waals surface area contributed by atoms with Crippen LogP contribution >= 0.6 is 11.6 Å². The molecule has 10 heteroatoms. The molecule has 7 nitrogen and oxygen atoms in total. The van der Waals surface area contributed by atoms with Gasteiger partial charge in [0.15, 0.2) is 5.75 Å². The van der Waals surface area contributed by atoms with E-state index in [1.165, 1.54) is 37.5 Å². The highest BCUT2D eigenvalue weighted by Crippen LogP contribution is 2.34. The van der Waals surface area contributed by atoms with Gasteiger partial charge in [-0.2, -0.15) is 8.78 Å². The van der Waals surface area contributed by atoms with E-state index in [0.717, 1.165) is 0 Å². The first-order chi connectivity index (χ1) is 11.8. The highest BCUT2D eigenvalue weighted by Gasteiger charge is 2.20. The van der Waals surface area contributed by atoms with Gasteiger partial charge in [0.05, 0.1) is 22.5 Å². The molecule has 0 atom stereocenters. The number of nitrogens with zero attached hydrogens (tertiary/aromatic N) is 1. The number of carbonyl (C=O) groups excluding carboxylic acids is 2. The number of para-hydroxylation sites is 1. The van der Waals surface area contributed by atoms with Crippen molar-refractivity contribution in [3.8, 4) is 5.75 Å². The Morgan fingerprint density at radius 1 is 1.28 bits per heavy atom. The fourth-order valence-electron chi connectivity index (χ4n) is 2.04. The first-order valence-electron chi connectivity index (χ1n) is 6.85. The van der Waals surface area contributed by atoms with E-state index in [0.29, 0.717) is 0 Å². The maximum atomic E-state index is 12.7. The molecule has 1 aromatic heterocycles. The summed E-state index contributed by atoms with van der Waals surface area (Å²) in [6.45, 7) is -3.18. The normalized spacial score (nSPS) is 10.4. The van der Waals surface area contributed by atoms with Gasteiger partial charge in [0.1, 0.15) is 5.15 Å². The van der Waals surface area contributed by atoms with Crippen LogP contribution in [0.5, 0.6) is 5.75 Å². The molecule has 2 aromatic rings. The molecule has 0 spiro atoms. The second kappa shape index (κ2) is 7.75. The van der Waals surface area contributed by atoms with Crippen molar-refractivity contribution in [2.24, 2.45) is 5.73 Å². The first-order valence-corrected chi connectivity index (χ1v) is 7.23. The molecule has 1 heterocycles. The highest BCUT2D eigenvalue weighted by atomic mass is 35.5. The molecule has 0 aliphatic heterocycles. The number of nitrogens with one attached hydrogen (secondary N) is 2. The Balaban J connectivity index is 2.54. The van der Waals surface area contributed by atoms with Gasteiger partial charge >= 0.3 is 6.61 Å². The number of rotatable bonds is 6. The summed E-state index contributed by atoms with van der Waals surface area (Å²) >= 11 is 5.83. The van der Waals surface area contributed by atoms with Crippen LogP contribution in [0.2, 0.25) is 5.15 Å². The molecular formula is C15H13ClF2N4O3. The molecular weight excluding hydrogens is 358 g/mol. The Kier molecular flexibility index (Phi) is 5.71. The number of amides is 2. The molecule has 0 saturated heterocycles. The number of hydrogen-bond acceptors (Lipinski definition) is 5. The van der Waals surface area contributed by atoms with Crippen molar-refractivity contribution in [1.82, 2.24) is 10.3 Å². The quantitative estimate of drug-likeness (QED) is 0.677. The van der Waals surface area contributed by atoms with Crippen molar-refractivity contribution >= 4 is 34.8 Å². The lowest BCUT2D eigenvalue weighted by atomic mass is 10.1. The van der Waals surface area contributed by atoms with Crippen LogP contribution < -0.4 is 21.1 Å². The molecule has 2 rings (SSSR count). The largest absolute Gasteiger partial charge is 0.432 e. The van der Waals surface area contributed by atoms with Crippen LogP contribution in [-0.4, -0.2) is 30.5 Å². The maximum absolute atomic E-state index is 12.7. The van der Waals surface area contributed by atoms with E-state index in [-0.39, 0.29) is 27.7 Å². The third-order valence-electron chi connectivity index (χ3n) is 3.10. The number of pyridine rings is 1. The number of nitrogens with two attached hydrogens (primary N) is 1. The molecule has 0 radical (unpaired) electrons. The van der Waals surface area contributed by atoms with E-state index in [2.05, 4.69) is 20.4 Å². The molecule has 132 valence electrons. The van der Waals surface area contributed by atoms with Gasteiger partial charge in [-0.3, -0.25) is 9.59 Å². The fraction of sp³-hybridized carbons (Fsp3) is 0.133. The number of alkyl halides is 2. The summed E-state index contributed by atoms with van der Waals surface area (Å²) in [5, 5.41) is 5.23. The Bertz CT molecular complexity index is 817. The summed E-state index contributed by atoms with van der Waals surface area (Å²) in [7, 11) is 1.42. The number of anilines is 2. The second-order valence-corrected chi connectivity index (χ2v) is 5.07. The molecule has 0 saturated carbocycles. The van der Waals surface area contributed by atoms with Gasteiger partial charge in [-0.15, -0.1) is 0 Å². The zero-order valence-electron chi connectivity index (χ0n) is 12.8. The van der Waals surface area contributed by atoms with Gasteiger partial charge in [0, 0.05) is 13.2 Å². The number of aromatic nitrogens is 1. The SMILES string of the molecule is CNC(=O)c1cnc(Cl)cc1Nc1cccc(C(N)=O)c1OC(F)F. The fourth-order valence-corrected chi connectivity index (χ4v) is 2.20. The Labute approximate surface area is 146 Å². The standard InChI is InChI=1S/C15H13ClF2N4O3/c1-20-14(24)8-6-21-11(16)5-10(8)22-9-4-2-3-7(13(19)23)12(9)25-15(17)18/h2-6,15H,1H3,(H2,19,23)(H,20,24)(H,21,22). The molecule has 2 amide bonds. The molecule has 0 unspecified atom stereocenters. The van der Waals surface area contributed by atoms with Crippen molar-refractivity contribution in [2.75, 3.05) is 12.4 Å². The van der Waals surface area contributed by atoms with Crippen LogP contribution in [0.1, 0.15) is 20.7 Å². The van der Waals surface area contributed by atoms with Crippen LogP contribution in [0.15, 0.2) is 30.5 Å². The van der Waals surface area contributed by atoms with E-state index in [1.54, 1.807) is 0 Å². The van der Waals surface area contributed by atoms with Crippen LogP contribution in [0.25, 0.3) is 0 Å². The molecule has 0 fully saturated rings. The lowest BCUT2D eigenvalue weighted by molar-refractivity contribution is -0.0496. The zero-order chi connectivity index (χ0) is 18.6. The number of benzene rings is 1. The van der Waals surface area contributed by atoms with E-state index in [9.17, 15) is 18.4 Å². The van der Waals surface area contributed by atoms with Crippen LogP contribution in [-0.2, 0) is 0 Å². The van der Waals surface area contributed by atoms with E-state index in [1.807, 2.05) is 0 Å². The molecule has 0 bridgehead atoms. The van der Waals surface area contributed by atoms with Crippen molar-refractivity contribution < 1.29 is 23.1 Å². The van der Waals surface area contributed by atoms with E-state index < -0.39 is 24.2 Å². The van der Waals surface area contributed by atoms with Crippen LogP contribution in [0.4, 0.5) is 20.2 Å². The monoisotopic (exact) mass is 370 g/mol. The van der Waals surface area contributed by atoms with Crippen molar-refractivity contribution in [3.63, 3.8) is 0 Å². The summed E-state index contributed by atoms with van der Waals surface area (Å²) in [4.78, 5) is 27.2. The molecule has 25 heavy (non-hydrogen) atoms. The Hall–Kier alpha value is -2.94. The van der Waals surface area contributed by atoms with Gasteiger partial charge in [0.25, 0.3) is 11.8 Å². The first kappa shape index (κ1) is 18.4. The van der Waals surface area contributed by atoms with Crippen LogP contribution in [0.3, 0.4) is 0 Å². The Morgan fingerprint density at radius 3 is 2.60 bits per heavy atom. The summed E-state index contributed by atoms with van der Waals surface area (Å²) in [6, 6.07) is 5.37. The minimum Gasteiger partial charge on any atom is -0.432 e. The van der Waals surface area contributed by atoms with Gasteiger partial charge in [0.2, 0.25) is 0 Å². The lowest BCUT2D eigenvalue weighted by Crippen LogP contribution is -2.20. The van der Waals surface area contributed by atoms with Crippen LogP contribution in [0, 0.1) is 0 Å². The topological polar surface area (TPSA) is 106 Å². The average Bonchev–Trinajstić information content (AvgIpc) is 2.55. The zero-order valence-corrected chi connectivity index (χ0v) is 13.6. The average molecular weight is 371 g/mol. The predicted molar refractivity (Wildman–Crippen MR) is 87.5 cm³/mol. The van der Waals surface area contributed by atoms with Gasteiger partial charge < -0.3 is 21.1 Å². The molecule has 0 aliphatic carbocycles. The number of halogens is 3. The molecule has 1 aromatic carbocycles. The third kappa shape index (κ3) is 4.32. The minimum atomic E-state index is -3.18. The van der Waals surface area contributed by atoms with Gasteiger partial charge in [-0.1, -0.05) is 17.7 Å². The summed E-state index contributed by atoms with van der Waals surface area (Å²) < 4.78 is 29.8. The number of carbonyl (C=O) groups is 2. The van der Waals surface area contributed by atoms with E-state index >= 15 is 0 Å². The maximum Gasteiger partial charge on any atom is 0.387 e. The number of hydrogen-bond donors (Lipinski definition) is 3. The second-order valence-electron chi connectivity index (χ2n) is 4.68. The minimum absolute atomic E-state index is 0.00372.